The van der Waals surface area contributed by atoms with E-state index in [0.29, 0.717) is 6.20 Å². The molecule has 0 saturated heterocycles. The summed E-state index contributed by atoms with van der Waals surface area (Å²) in [4.78, 5) is 14.0. The van der Waals surface area contributed by atoms with Gasteiger partial charge in [0.25, 0.3) is 6.43 Å². The van der Waals surface area contributed by atoms with Gasteiger partial charge in [0.05, 0.1) is 11.1 Å². The van der Waals surface area contributed by atoms with Crippen LogP contribution in [0, 0.1) is 11.3 Å². The average molecular weight is 213 g/mol. The van der Waals surface area contributed by atoms with Gasteiger partial charge < -0.3 is 10.8 Å². The van der Waals surface area contributed by atoms with Crippen LogP contribution in [0.1, 0.15) is 27.9 Å². The SMILES string of the molecule is N#Cc1c(C(F)F)cnc(N)c1C(=O)O. The Bertz CT molecular complexity index is 454. The molecule has 0 radical (unpaired) electrons. The average Bonchev–Trinajstić information content (AvgIpc) is 2.15. The van der Waals surface area contributed by atoms with Crippen LogP contribution in [0.15, 0.2) is 6.20 Å². The van der Waals surface area contributed by atoms with E-state index in [1.165, 1.54) is 6.07 Å². The van der Waals surface area contributed by atoms with Crippen molar-refractivity contribution < 1.29 is 18.7 Å². The highest BCUT2D eigenvalue weighted by atomic mass is 19.3. The molecule has 0 aliphatic carbocycles. The molecule has 5 nitrogen and oxygen atoms in total. The molecule has 15 heavy (non-hydrogen) atoms. The minimum Gasteiger partial charge on any atom is -0.478 e. The van der Waals surface area contributed by atoms with Crippen LogP contribution in [0.4, 0.5) is 14.6 Å². The Morgan fingerprint density at radius 2 is 2.27 bits per heavy atom. The molecule has 0 fully saturated rings. The summed E-state index contributed by atoms with van der Waals surface area (Å²) >= 11 is 0. The monoisotopic (exact) mass is 213 g/mol. The van der Waals surface area contributed by atoms with Crippen LogP contribution >= 0.6 is 0 Å². The van der Waals surface area contributed by atoms with E-state index >= 15 is 0 Å². The Morgan fingerprint density at radius 1 is 1.67 bits per heavy atom. The molecule has 1 heterocycles. The summed E-state index contributed by atoms with van der Waals surface area (Å²) in [6.45, 7) is 0. The maximum absolute atomic E-state index is 12.4. The van der Waals surface area contributed by atoms with Crippen molar-refractivity contribution in [2.24, 2.45) is 0 Å². The minimum atomic E-state index is -2.97. The van der Waals surface area contributed by atoms with Crippen molar-refractivity contribution in [3.05, 3.63) is 22.9 Å². The van der Waals surface area contributed by atoms with Crippen LogP contribution in [0.2, 0.25) is 0 Å². The van der Waals surface area contributed by atoms with E-state index in [9.17, 15) is 13.6 Å². The van der Waals surface area contributed by atoms with Gasteiger partial charge in [0, 0.05) is 6.20 Å². The maximum atomic E-state index is 12.4. The van der Waals surface area contributed by atoms with Crippen molar-refractivity contribution in [1.29, 1.82) is 5.26 Å². The van der Waals surface area contributed by atoms with Gasteiger partial charge in [0.1, 0.15) is 17.5 Å². The number of nitriles is 1. The fourth-order valence-corrected chi connectivity index (χ4v) is 1.04. The van der Waals surface area contributed by atoms with Crippen LogP contribution in [-0.4, -0.2) is 16.1 Å². The first-order valence-corrected chi connectivity index (χ1v) is 3.69. The molecular formula is C8H5F2N3O2. The number of hydrogen-bond donors (Lipinski definition) is 2. The largest absolute Gasteiger partial charge is 0.478 e. The number of aromatic carboxylic acids is 1. The zero-order chi connectivity index (χ0) is 11.6. The number of carboxylic acids is 1. The minimum absolute atomic E-state index is 0.455. The van der Waals surface area contributed by atoms with Gasteiger partial charge >= 0.3 is 5.97 Å². The highest BCUT2D eigenvalue weighted by Crippen LogP contribution is 2.26. The van der Waals surface area contributed by atoms with E-state index in [0.717, 1.165) is 0 Å². The molecular weight excluding hydrogens is 208 g/mol. The number of pyridine rings is 1. The lowest BCUT2D eigenvalue weighted by Crippen LogP contribution is -2.10. The number of anilines is 1. The fourth-order valence-electron chi connectivity index (χ4n) is 1.04. The number of nitrogens with zero attached hydrogens (tertiary/aromatic N) is 2. The second-order valence-electron chi connectivity index (χ2n) is 2.57. The first kappa shape index (κ1) is 10.8. The normalized spacial score (nSPS) is 10.0. The quantitative estimate of drug-likeness (QED) is 0.767. The number of halogens is 2. The molecule has 0 aromatic carbocycles. The summed E-state index contributed by atoms with van der Waals surface area (Å²) in [6, 6.07) is 1.39. The molecule has 0 aliphatic heterocycles. The van der Waals surface area contributed by atoms with Crippen molar-refractivity contribution in [1.82, 2.24) is 4.98 Å². The van der Waals surface area contributed by atoms with Crippen molar-refractivity contribution in [2.75, 3.05) is 5.73 Å². The number of alkyl halides is 2. The molecule has 78 valence electrons. The zero-order valence-corrected chi connectivity index (χ0v) is 7.24. The lowest BCUT2D eigenvalue weighted by molar-refractivity contribution is 0.0697. The highest BCUT2D eigenvalue weighted by Gasteiger charge is 2.23. The van der Waals surface area contributed by atoms with Crippen LogP contribution in [0.25, 0.3) is 0 Å². The zero-order valence-electron chi connectivity index (χ0n) is 7.24. The van der Waals surface area contributed by atoms with Crippen molar-refractivity contribution >= 4 is 11.8 Å². The summed E-state index contributed by atoms with van der Waals surface area (Å²) in [6.07, 6.45) is -2.27. The highest BCUT2D eigenvalue weighted by molar-refractivity contribution is 5.95. The van der Waals surface area contributed by atoms with E-state index in [-0.39, 0.29) is 0 Å². The molecule has 3 N–H and O–H groups in total. The summed E-state index contributed by atoms with van der Waals surface area (Å²) < 4.78 is 24.7. The van der Waals surface area contributed by atoms with Gasteiger partial charge in [-0.05, 0) is 0 Å². The van der Waals surface area contributed by atoms with Gasteiger partial charge in [0.15, 0.2) is 0 Å². The van der Waals surface area contributed by atoms with Gasteiger partial charge in [-0.1, -0.05) is 0 Å². The third-order valence-electron chi connectivity index (χ3n) is 1.70. The summed E-state index contributed by atoms with van der Waals surface area (Å²) in [7, 11) is 0. The Labute approximate surface area is 82.8 Å². The van der Waals surface area contributed by atoms with Crippen LogP contribution in [0.5, 0.6) is 0 Å². The second-order valence-corrected chi connectivity index (χ2v) is 2.57. The molecule has 0 unspecified atom stereocenters. The number of carboxylic acid groups (broad SMARTS) is 1. The lowest BCUT2D eigenvalue weighted by Gasteiger charge is -2.06. The third-order valence-corrected chi connectivity index (χ3v) is 1.70. The molecule has 0 atom stereocenters. The topological polar surface area (TPSA) is 100 Å². The second kappa shape index (κ2) is 3.88. The van der Waals surface area contributed by atoms with Crippen LogP contribution in [0.3, 0.4) is 0 Å². The van der Waals surface area contributed by atoms with Crippen molar-refractivity contribution in [3.8, 4) is 6.07 Å². The molecule has 0 bridgehead atoms. The molecule has 1 rings (SSSR count). The Kier molecular flexibility index (Phi) is 2.80. The summed E-state index contributed by atoms with van der Waals surface area (Å²) in [5.41, 5.74) is 3.11. The Balaban J connectivity index is 3.56. The Morgan fingerprint density at radius 3 is 2.67 bits per heavy atom. The van der Waals surface area contributed by atoms with E-state index in [1.54, 1.807) is 0 Å². The van der Waals surface area contributed by atoms with Gasteiger partial charge in [-0.3, -0.25) is 0 Å². The number of nitrogens with two attached hydrogens (primary N) is 1. The maximum Gasteiger partial charge on any atom is 0.340 e. The first-order chi connectivity index (χ1) is 6.99. The molecule has 0 spiro atoms. The predicted molar refractivity (Wildman–Crippen MR) is 45.3 cm³/mol. The number of carbonyl (C=O) groups is 1. The van der Waals surface area contributed by atoms with E-state index in [4.69, 9.17) is 16.1 Å². The van der Waals surface area contributed by atoms with Crippen molar-refractivity contribution in [3.63, 3.8) is 0 Å². The summed E-state index contributed by atoms with van der Waals surface area (Å²) in [5.74, 6) is -2.01. The molecule has 1 aromatic heterocycles. The number of hydrogen-bond acceptors (Lipinski definition) is 4. The number of aromatic nitrogens is 1. The fraction of sp³-hybridized carbons (Fsp3) is 0.125. The smallest absolute Gasteiger partial charge is 0.340 e. The van der Waals surface area contributed by atoms with E-state index in [1.807, 2.05) is 0 Å². The van der Waals surface area contributed by atoms with Gasteiger partial charge in [0.2, 0.25) is 0 Å². The van der Waals surface area contributed by atoms with Crippen LogP contribution < -0.4 is 5.73 Å². The van der Waals surface area contributed by atoms with Crippen LogP contribution in [-0.2, 0) is 0 Å². The van der Waals surface area contributed by atoms with Gasteiger partial charge in [-0.25, -0.2) is 18.6 Å². The predicted octanol–water partition coefficient (Wildman–Crippen LogP) is 1.17. The van der Waals surface area contributed by atoms with Gasteiger partial charge in [-0.15, -0.1) is 0 Å². The molecule has 1 aromatic rings. The standard InChI is InChI=1S/C8H5F2N3O2/c9-6(10)4-2-13-7(12)5(8(14)15)3(4)1-11/h2,6H,(H2,12,13)(H,14,15). The molecule has 0 amide bonds. The third kappa shape index (κ3) is 1.83. The molecule has 7 heteroatoms. The van der Waals surface area contributed by atoms with E-state index < -0.39 is 34.9 Å². The summed E-state index contributed by atoms with van der Waals surface area (Å²) in [5, 5.41) is 17.3. The number of rotatable bonds is 2. The molecule has 0 aliphatic rings. The van der Waals surface area contributed by atoms with Gasteiger partial charge in [-0.2, -0.15) is 5.26 Å². The number of nitrogen functional groups attached to an aromatic ring is 1. The lowest BCUT2D eigenvalue weighted by atomic mass is 10.1. The van der Waals surface area contributed by atoms with Crippen molar-refractivity contribution in [2.45, 2.75) is 6.43 Å². The van der Waals surface area contributed by atoms with E-state index in [2.05, 4.69) is 4.98 Å². The molecule has 0 saturated carbocycles. The first-order valence-electron chi connectivity index (χ1n) is 3.69. The Hall–Kier alpha value is -2.23.